The predicted molar refractivity (Wildman–Crippen MR) is 65.7 cm³/mol. The Kier molecular flexibility index (Phi) is 3.91. The van der Waals surface area contributed by atoms with Crippen molar-refractivity contribution in [3.63, 3.8) is 0 Å². The fraction of sp³-hybridized carbons (Fsp3) is 0.615. The van der Waals surface area contributed by atoms with Crippen molar-refractivity contribution in [2.45, 2.75) is 38.2 Å². The highest BCUT2D eigenvalue weighted by Gasteiger charge is 2.44. The van der Waals surface area contributed by atoms with Gasteiger partial charge in [0.15, 0.2) is 5.69 Å². The summed E-state index contributed by atoms with van der Waals surface area (Å²) in [5, 5.41) is 0. The van der Waals surface area contributed by atoms with E-state index in [2.05, 4.69) is 9.97 Å². The Bertz CT molecular complexity index is 428. The van der Waals surface area contributed by atoms with Gasteiger partial charge in [-0.05, 0) is 32.6 Å². The molecule has 0 N–H and O–H groups in total. The first kappa shape index (κ1) is 13.0. The van der Waals surface area contributed by atoms with E-state index in [1.54, 1.807) is 0 Å². The van der Waals surface area contributed by atoms with Crippen molar-refractivity contribution < 1.29 is 14.3 Å². The molecule has 5 heteroatoms. The molecule has 0 spiro atoms. The van der Waals surface area contributed by atoms with Crippen LogP contribution in [0.1, 0.15) is 43.1 Å². The van der Waals surface area contributed by atoms with Crippen LogP contribution in [0.5, 0.6) is 5.88 Å². The average molecular weight is 250 g/mol. The molecule has 1 aliphatic rings. The van der Waals surface area contributed by atoms with Gasteiger partial charge in [-0.1, -0.05) is 0 Å². The van der Waals surface area contributed by atoms with E-state index < -0.39 is 5.60 Å². The molecule has 1 fully saturated rings. The SMILES string of the molecule is CCOC1(C(=O)c2nccnc2OC)CCCC1. The van der Waals surface area contributed by atoms with Gasteiger partial charge in [-0.2, -0.15) is 0 Å². The summed E-state index contributed by atoms with van der Waals surface area (Å²) in [6, 6.07) is 0. The third-order valence-corrected chi connectivity index (χ3v) is 3.32. The van der Waals surface area contributed by atoms with E-state index in [4.69, 9.17) is 9.47 Å². The van der Waals surface area contributed by atoms with E-state index >= 15 is 0 Å². The molecular formula is C13H18N2O3. The van der Waals surface area contributed by atoms with Gasteiger partial charge in [-0.15, -0.1) is 0 Å². The third kappa shape index (κ3) is 2.22. The van der Waals surface area contributed by atoms with Crippen LogP contribution >= 0.6 is 0 Å². The highest BCUT2D eigenvalue weighted by Crippen LogP contribution is 2.36. The molecule has 0 aromatic carbocycles. The Hall–Kier alpha value is -1.49. The molecule has 0 amide bonds. The van der Waals surface area contributed by atoms with E-state index in [-0.39, 0.29) is 17.4 Å². The zero-order chi connectivity index (χ0) is 13.0. The number of rotatable bonds is 5. The Morgan fingerprint density at radius 1 is 1.33 bits per heavy atom. The number of aromatic nitrogens is 2. The van der Waals surface area contributed by atoms with Gasteiger partial charge in [0, 0.05) is 19.0 Å². The van der Waals surface area contributed by atoms with Crippen LogP contribution in [0.2, 0.25) is 0 Å². The maximum atomic E-state index is 12.6. The molecule has 1 aromatic rings. The molecule has 1 aliphatic carbocycles. The minimum atomic E-state index is -0.724. The zero-order valence-electron chi connectivity index (χ0n) is 10.8. The average Bonchev–Trinajstić information content (AvgIpc) is 2.88. The summed E-state index contributed by atoms with van der Waals surface area (Å²) in [6.07, 6.45) is 6.53. The number of ether oxygens (including phenoxy) is 2. The second kappa shape index (κ2) is 5.44. The topological polar surface area (TPSA) is 61.3 Å². The summed E-state index contributed by atoms with van der Waals surface area (Å²) >= 11 is 0. The molecule has 18 heavy (non-hydrogen) atoms. The van der Waals surface area contributed by atoms with E-state index in [9.17, 15) is 4.79 Å². The zero-order valence-corrected chi connectivity index (χ0v) is 10.8. The lowest BCUT2D eigenvalue weighted by Gasteiger charge is -2.27. The van der Waals surface area contributed by atoms with E-state index in [1.807, 2.05) is 6.92 Å². The fourth-order valence-corrected chi connectivity index (χ4v) is 2.51. The fourth-order valence-electron chi connectivity index (χ4n) is 2.51. The summed E-state index contributed by atoms with van der Waals surface area (Å²) in [6.45, 7) is 2.43. The van der Waals surface area contributed by atoms with Gasteiger partial charge in [-0.3, -0.25) is 4.79 Å². The smallest absolute Gasteiger partial charge is 0.243 e. The van der Waals surface area contributed by atoms with Crippen molar-refractivity contribution >= 4 is 5.78 Å². The van der Waals surface area contributed by atoms with E-state index in [0.717, 1.165) is 25.7 Å². The lowest BCUT2D eigenvalue weighted by atomic mass is 9.93. The van der Waals surface area contributed by atoms with Gasteiger partial charge in [0.1, 0.15) is 5.60 Å². The van der Waals surface area contributed by atoms with Crippen molar-refractivity contribution in [1.29, 1.82) is 0 Å². The second-order valence-electron chi connectivity index (χ2n) is 4.38. The van der Waals surface area contributed by atoms with Crippen molar-refractivity contribution in [1.82, 2.24) is 9.97 Å². The summed E-state index contributed by atoms with van der Waals surface area (Å²) in [4.78, 5) is 20.8. The van der Waals surface area contributed by atoms with Gasteiger partial charge >= 0.3 is 0 Å². The van der Waals surface area contributed by atoms with Gasteiger partial charge in [0.25, 0.3) is 0 Å². The molecule has 2 rings (SSSR count). The van der Waals surface area contributed by atoms with Crippen molar-refractivity contribution in [3.8, 4) is 5.88 Å². The lowest BCUT2D eigenvalue weighted by molar-refractivity contribution is -0.0169. The molecule has 0 bridgehead atoms. The molecule has 0 aliphatic heterocycles. The number of methoxy groups -OCH3 is 1. The number of Topliss-reactive ketones (excluding diaryl/α,β-unsaturated/α-hetero) is 1. The van der Waals surface area contributed by atoms with E-state index in [1.165, 1.54) is 19.5 Å². The normalized spacial score (nSPS) is 17.7. The Morgan fingerprint density at radius 3 is 2.61 bits per heavy atom. The minimum absolute atomic E-state index is 0.105. The number of ketones is 1. The van der Waals surface area contributed by atoms with E-state index in [0.29, 0.717) is 6.61 Å². The summed E-state index contributed by atoms with van der Waals surface area (Å²) < 4.78 is 10.8. The lowest BCUT2D eigenvalue weighted by Crippen LogP contribution is -2.39. The Morgan fingerprint density at radius 2 is 2.00 bits per heavy atom. The largest absolute Gasteiger partial charge is 0.479 e. The van der Waals surface area contributed by atoms with Gasteiger partial charge in [-0.25, -0.2) is 9.97 Å². The van der Waals surface area contributed by atoms with Crippen molar-refractivity contribution in [2.24, 2.45) is 0 Å². The van der Waals surface area contributed by atoms with Crippen LogP contribution in [0.3, 0.4) is 0 Å². The van der Waals surface area contributed by atoms with Crippen LogP contribution in [0.15, 0.2) is 12.4 Å². The quantitative estimate of drug-likeness (QED) is 0.748. The van der Waals surface area contributed by atoms with Gasteiger partial charge in [0.05, 0.1) is 7.11 Å². The molecule has 1 aromatic heterocycles. The Balaban J connectivity index is 2.33. The first-order chi connectivity index (χ1) is 8.73. The molecule has 1 saturated carbocycles. The third-order valence-electron chi connectivity index (χ3n) is 3.32. The van der Waals surface area contributed by atoms with Crippen molar-refractivity contribution in [3.05, 3.63) is 18.1 Å². The maximum Gasteiger partial charge on any atom is 0.243 e. The number of carbonyl (C=O) groups is 1. The molecule has 98 valence electrons. The number of hydrogen-bond donors (Lipinski definition) is 0. The summed E-state index contributed by atoms with van der Waals surface area (Å²) in [5.74, 6) is 0.167. The number of hydrogen-bond acceptors (Lipinski definition) is 5. The van der Waals surface area contributed by atoms with Gasteiger partial charge in [0.2, 0.25) is 11.7 Å². The predicted octanol–water partition coefficient (Wildman–Crippen LogP) is 2.02. The van der Waals surface area contributed by atoms with Crippen LogP contribution in [-0.2, 0) is 4.74 Å². The summed E-state index contributed by atoms with van der Waals surface area (Å²) in [7, 11) is 1.49. The highest BCUT2D eigenvalue weighted by molar-refractivity contribution is 6.02. The second-order valence-corrected chi connectivity index (χ2v) is 4.38. The Labute approximate surface area is 107 Å². The first-order valence-corrected chi connectivity index (χ1v) is 6.27. The molecule has 0 atom stereocenters. The minimum Gasteiger partial charge on any atom is -0.479 e. The molecule has 0 saturated heterocycles. The molecule has 1 heterocycles. The number of nitrogens with zero attached hydrogens (tertiary/aromatic N) is 2. The van der Waals surface area contributed by atoms with Crippen LogP contribution in [0.4, 0.5) is 0 Å². The molecule has 0 unspecified atom stereocenters. The van der Waals surface area contributed by atoms with Crippen LogP contribution in [0, 0.1) is 0 Å². The molecular weight excluding hydrogens is 232 g/mol. The monoisotopic (exact) mass is 250 g/mol. The molecule has 5 nitrogen and oxygen atoms in total. The number of carbonyl (C=O) groups excluding carboxylic acids is 1. The highest BCUT2D eigenvalue weighted by atomic mass is 16.5. The van der Waals surface area contributed by atoms with Crippen LogP contribution in [0.25, 0.3) is 0 Å². The standard InChI is InChI=1S/C13H18N2O3/c1-3-18-13(6-4-5-7-13)11(16)10-12(17-2)15-9-8-14-10/h8-9H,3-7H2,1-2H3. The molecule has 0 radical (unpaired) electrons. The van der Waals surface area contributed by atoms with Crippen molar-refractivity contribution in [2.75, 3.05) is 13.7 Å². The first-order valence-electron chi connectivity index (χ1n) is 6.27. The maximum absolute atomic E-state index is 12.6. The van der Waals surface area contributed by atoms with Crippen LogP contribution in [-0.4, -0.2) is 35.1 Å². The summed E-state index contributed by atoms with van der Waals surface area (Å²) in [5.41, 5.74) is -0.451. The van der Waals surface area contributed by atoms with Gasteiger partial charge < -0.3 is 9.47 Å². The van der Waals surface area contributed by atoms with Crippen LogP contribution < -0.4 is 4.74 Å².